The number of amides is 1. The smallest absolute Gasteiger partial charge is 0.251 e. The molecule has 3 aromatic rings. The van der Waals surface area contributed by atoms with Gasteiger partial charge in [0.2, 0.25) is 0 Å². The maximum Gasteiger partial charge on any atom is 0.251 e. The molecule has 0 fully saturated rings. The molecule has 4 nitrogen and oxygen atoms in total. The first-order chi connectivity index (χ1) is 12.2. The first-order valence-electron chi connectivity index (χ1n) is 7.83. The Balaban J connectivity index is 1.78. The Labute approximate surface area is 151 Å². The summed E-state index contributed by atoms with van der Waals surface area (Å²) in [5, 5.41) is 7.13. The fourth-order valence-electron chi connectivity index (χ4n) is 2.59. The van der Waals surface area contributed by atoms with E-state index in [0.29, 0.717) is 23.6 Å². The third kappa shape index (κ3) is 4.00. The van der Waals surface area contributed by atoms with Gasteiger partial charge in [0, 0.05) is 18.2 Å². The average Bonchev–Trinajstić information content (AvgIpc) is 3.20. The molecule has 3 rings (SSSR count). The summed E-state index contributed by atoms with van der Waals surface area (Å²) < 4.78 is 10.4. The molecule has 0 saturated carbocycles. The second-order valence-electron chi connectivity index (χ2n) is 5.45. The molecule has 0 atom stereocenters. The summed E-state index contributed by atoms with van der Waals surface area (Å²) in [4.78, 5) is 12.5. The van der Waals surface area contributed by atoms with E-state index in [2.05, 4.69) is 22.8 Å². The molecule has 0 aliphatic heterocycles. The Morgan fingerprint density at radius 2 is 1.76 bits per heavy atom. The molecule has 0 aliphatic carbocycles. The standard InChI is InChI=1S/C20H19NO3S/c1-23-17-9-16(10-18(11-17)24-2)20(22)21-12-14-5-3-4-6-19(14)15-7-8-25-13-15/h3-11,13H,12H2,1-2H3,(H,21,22). The summed E-state index contributed by atoms with van der Waals surface area (Å²) in [7, 11) is 3.13. The van der Waals surface area contributed by atoms with Gasteiger partial charge in [0.15, 0.2) is 0 Å². The third-order valence-electron chi connectivity index (χ3n) is 3.90. The van der Waals surface area contributed by atoms with Gasteiger partial charge >= 0.3 is 0 Å². The summed E-state index contributed by atoms with van der Waals surface area (Å²) >= 11 is 1.66. The molecule has 1 heterocycles. The van der Waals surface area contributed by atoms with E-state index in [-0.39, 0.29) is 5.91 Å². The zero-order valence-electron chi connectivity index (χ0n) is 14.1. The molecule has 1 aromatic heterocycles. The van der Waals surface area contributed by atoms with Gasteiger partial charge in [-0.15, -0.1) is 0 Å². The van der Waals surface area contributed by atoms with E-state index in [9.17, 15) is 4.79 Å². The Bertz CT molecular complexity index is 837. The van der Waals surface area contributed by atoms with Crippen molar-refractivity contribution in [2.45, 2.75) is 6.54 Å². The summed E-state index contributed by atoms with van der Waals surface area (Å²) in [6.07, 6.45) is 0. The zero-order chi connectivity index (χ0) is 17.6. The molecule has 1 amide bonds. The fourth-order valence-corrected chi connectivity index (χ4v) is 3.25. The lowest BCUT2D eigenvalue weighted by Crippen LogP contribution is -2.23. The number of hydrogen-bond acceptors (Lipinski definition) is 4. The molecule has 2 aromatic carbocycles. The normalized spacial score (nSPS) is 10.3. The van der Waals surface area contributed by atoms with E-state index in [1.807, 2.05) is 23.6 Å². The molecule has 0 saturated heterocycles. The van der Waals surface area contributed by atoms with Gasteiger partial charge in [-0.3, -0.25) is 4.79 Å². The highest BCUT2D eigenvalue weighted by Crippen LogP contribution is 2.26. The van der Waals surface area contributed by atoms with Crippen molar-refractivity contribution in [3.63, 3.8) is 0 Å². The summed E-state index contributed by atoms with van der Waals surface area (Å²) in [6, 6.07) is 15.3. The number of carbonyl (C=O) groups excluding carboxylic acids is 1. The third-order valence-corrected chi connectivity index (χ3v) is 4.59. The van der Waals surface area contributed by atoms with Crippen LogP contribution in [0.4, 0.5) is 0 Å². The minimum atomic E-state index is -0.169. The first kappa shape index (κ1) is 17.0. The number of thiophene rings is 1. The van der Waals surface area contributed by atoms with Crippen LogP contribution in [0.5, 0.6) is 11.5 Å². The quantitative estimate of drug-likeness (QED) is 0.716. The van der Waals surface area contributed by atoms with Gasteiger partial charge in [-0.2, -0.15) is 11.3 Å². The minimum Gasteiger partial charge on any atom is -0.497 e. The van der Waals surface area contributed by atoms with Crippen molar-refractivity contribution in [1.82, 2.24) is 5.32 Å². The van der Waals surface area contributed by atoms with Gasteiger partial charge in [0.25, 0.3) is 5.91 Å². The maximum absolute atomic E-state index is 12.5. The van der Waals surface area contributed by atoms with Crippen molar-refractivity contribution in [2.24, 2.45) is 0 Å². The van der Waals surface area contributed by atoms with Crippen LogP contribution in [0.3, 0.4) is 0 Å². The van der Waals surface area contributed by atoms with E-state index >= 15 is 0 Å². The van der Waals surface area contributed by atoms with Crippen LogP contribution in [-0.2, 0) is 6.54 Å². The molecule has 128 valence electrons. The molecular formula is C20H19NO3S. The van der Waals surface area contributed by atoms with Crippen molar-refractivity contribution in [3.8, 4) is 22.6 Å². The number of ether oxygens (including phenoxy) is 2. The molecule has 0 bridgehead atoms. The number of rotatable bonds is 6. The van der Waals surface area contributed by atoms with Crippen molar-refractivity contribution >= 4 is 17.2 Å². The van der Waals surface area contributed by atoms with Crippen LogP contribution in [0.25, 0.3) is 11.1 Å². The average molecular weight is 353 g/mol. The Kier molecular flexibility index (Phi) is 5.36. The van der Waals surface area contributed by atoms with Crippen LogP contribution in [-0.4, -0.2) is 20.1 Å². The summed E-state index contributed by atoms with van der Waals surface area (Å²) in [5.74, 6) is 1.00. The second kappa shape index (κ2) is 7.85. The number of carbonyl (C=O) groups is 1. The largest absolute Gasteiger partial charge is 0.497 e. The molecule has 0 aliphatic rings. The first-order valence-corrected chi connectivity index (χ1v) is 8.77. The molecule has 0 unspecified atom stereocenters. The van der Waals surface area contributed by atoms with E-state index in [4.69, 9.17) is 9.47 Å². The second-order valence-corrected chi connectivity index (χ2v) is 6.23. The topological polar surface area (TPSA) is 47.6 Å². The van der Waals surface area contributed by atoms with Crippen molar-refractivity contribution in [1.29, 1.82) is 0 Å². The van der Waals surface area contributed by atoms with Gasteiger partial charge < -0.3 is 14.8 Å². The van der Waals surface area contributed by atoms with Crippen LogP contribution < -0.4 is 14.8 Å². The van der Waals surface area contributed by atoms with E-state index in [1.54, 1.807) is 43.8 Å². The van der Waals surface area contributed by atoms with Gasteiger partial charge in [-0.1, -0.05) is 24.3 Å². The highest BCUT2D eigenvalue weighted by Gasteiger charge is 2.11. The lowest BCUT2D eigenvalue weighted by atomic mass is 10.0. The fraction of sp³-hybridized carbons (Fsp3) is 0.150. The number of methoxy groups -OCH3 is 2. The highest BCUT2D eigenvalue weighted by atomic mass is 32.1. The predicted molar refractivity (Wildman–Crippen MR) is 100 cm³/mol. The predicted octanol–water partition coefficient (Wildman–Crippen LogP) is 4.36. The SMILES string of the molecule is COc1cc(OC)cc(C(=O)NCc2ccccc2-c2ccsc2)c1. The van der Waals surface area contributed by atoms with Crippen LogP contribution >= 0.6 is 11.3 Å². The molecule has 0 radical (unpaired) electrons. The number of nitrogens with one attached hydrogen (secondary N) is 1. The van der Waals surface area contributed by atoms with Crippen LogP contribution in [0.2, 0.25) is 0 Å². The Morgan fingerprint density at radius 1 is 1.04 bits per heavy atom. The van der Waals surface area contributed by atoms with Crippen molar-refractivity contribution in [2.75, 3.05) is 14.2 Å². The van der Waals surface area contributed by atoms with E-state index in [1.165, 1.54) is 0 Å². The van der Waals surface area contributed by atoms with Crippen LogP contribution in [0.1, 0.15) is 15.9 Å². The molecule has 5 heteroatoms. The Morgan fingerprint density at radius 3 is 2.40 bits per heavy atom. The molecule has 25 heavy (non-hydrogen) atoms. The maximum atomic E-state index is 12.5. The van der Waals surface area contributed by atoms with Crippen LogP contribution in [0.15, 0.2) is 59.3 Å². The molecule has 1 N–H and O–H groups in total. The number of hydrogen-bond donors (Lipinski definition) is 1. The molecular weight excluding hydrogens is 334 g/mol. The zero-order valence-corrected chi connectivity index (χ0v) is 14.9. The van der Waals surface area contributed by atoms with Crippen molar-refractivity contribution < 1.29 is 14.3 Å². The van der Waals surface area contributed by atoms with Crippen LogP contribution in [0, 0.1) is 0 Å². The van der Waals surface area contributed by atoms with E-state index in [0.717, 1.165) is 16.7 Å². The van der Waals surface area contributed by atoms with Crippen molar-refractivity contribution in [3.05, 3.63) is 70.4 Å². The van der Waals surface area contributed by atoms with Gasteiger partial charge in [-0.25, -0.2) is 0 Å². The van der Waals surface area contributed by atoms with Gasteiger partial charge in [-0.05, 0) is 45.6 Å². The van der Waals surface area contributed by atoms with E-state index < -0.39 is 0 Å². The summed E-state index contributed by atoms with van der Waals surface area (Å²) in [6.45, 7) is 0.449. The minimum absolute atomic E-state index is 0.169. The van der Waals surface area contributed by atoms with Gasteiger partial charge in [0.1, 0.15) is 11.5 Å². The lowest BCUT2D eigenvalue weighted by molar-refractivity contribution is 0.0950. The number of benzene rings is 2. The highest BCUT2D eigenvalue weighted by molar-refractivity contribution is 7.08. The summed E-state index contributed by atoms with van der Waals surface area (Å²) in [5.41, 5.74) is 3.87. The monoisotopic (exact) mass is 353 g/mol. The Hall–Kier alpha value is -2.79. The lowest BCUT2D eigenvalue weighted by Gasteiger charge is -2.11. The molecule has 0 spiro atoms. The van der Waals surface area contributed by atoms with Gasteiger partial charge in [0.05, 0.1) is 14.2 Å².